The van der Waals surface area contributed by atoms with E-state index in [1.54, 1.807) is 7.05 Å². The number of hydrogen-bond acceptors (Lipinski definition) is 3. The molecule has 0 rings (SSSR count). The van der Waals surface area contributed by atoms with Crippen molar-refractivity contribution in [1.29, 1.82) is 0 Å². The van der Waals surface area contributed by atoms with E-state index in [4.69, 9.17) is 9.84 Å². The van der Waals surface area contributed by atoms with E-state index in [1.807, 2.05) is 20.8 Å². The molecule has 6 heteroatoms. The number of ether oxygens (including phenoxy) is 1. The SMILES string of the molecule is CCCN(CC(=O)O)C(=O)N(C)CCOC(C)C. The minimum atomic E-state index is -0.997. The fraction of sp³-hybridized carbons (Fsp3) is 0.833. The summed E-state index contributed by atoms with van der Waals surface area (Å²) < 4.78 is 5.35. The molecule has 0 saturated heterocycles. The molecule has 0 aliphatic heterocycles. The van der Waals surface area contributed by atoms with Crippen molar-refractivity contribution >= 4 is 12.0 Å². The summed E-state index contributed by atoms with van der Waals surface area (Å²) in [5.74, 6) is -0.997. The van der Waals surface area contributed by atoms with Crippen LogP contribution in [0.3, 0.4) is 0 Å². The Hall–Kier alpha value is -1.30. The topological polar surface area (TPSA) is 70.1 Å². The Morgan fingerprint density at radius 1 is 1.28 bits per heavy atom. The molecular formula is C12H24N2O4. The van der Waals surface area contributed by atoms with Gasteiger partial charge in [0, 0.05) is 20.1 Å². The highest BCUT2D eigenvalue weighted by molar-refractivity contribution is 5.80. The van der Waals surface area contributed by atoms with Crippen LogP contribution in [-0.4, -0.2) is 66.3 Å². The van der Waals surface area contributed by atoms with Crippen molar-refractivity contribution in [3.05, 3.63) is 0 Å². The zero-order chi connectivity index (χ0) is 14.1. The van der Waals surface area contributed by atoms with Crippen LogP contribution in [0.25, 0.3) is 0 Å². The molecule has 0 fully saturated rings. The van der Waals surface area contributed by atoms with Crippen LogP contribution in [0.15, 0.2) is 0 Å². The number of hydrogen-bond donors (Lipinski definition) is 1. The predicted octanol–water partition coefficient (Wildman–Crippen LogP) is 1.26. The van der Waals surface area contributed by atoms with Crippen molar-refractivity contribution < 1.29 is 19.4 Å². The van der Waals surface area contributed by atoms with Gasteiger partial charge in [-0.25, -0.2) is 4.79 Å². The number of carboxylic acid groups (broad SMARTS) is 1. The van der Waals surface area contributed by atoms with Gasteiger partial charge in [-0.1, -0.05) is 6.92 Å². The monoisotopic (exact) mass is 260 g/mol. The summed E-state index contributed by atoms with van der Waals surface area (Å²) in [7, 11) is 1.65. The third-order valence-corrected chi connectivity index (χ3v) is 2.29. The molecule has 0 heterocycles. The fourth-order valence-corrected chi connectivity index (χ4v) is 1.44. The van der Waals surface area contributed by atoms with Gasteiger partial charge in [-0.05, 0) is 20.3 Å². The molecule has 0 aromatic carbocycles. The molecule has 0 spiro atoms. The maximum absolute atomic E-state index is 12.0. The number of urea groups is 1. The van der Waals surface area contributed by atoms with E-state index < -0.39 is 5.97 Å². The van der Waals surface area contributed by atoms with E-state index in [-0.39, 0.29) is 18.7 Å². The molecule has 0 unspecified atom stereocenters. The number of nitrogens with zero attached hydrogens (tertiary/aromatic N) is 2. The number of likely N-dealkylation sites (N-methyl/N-ethyl adjacent to an activating group) is 1. The minimum absolute atomic E-state index is 0.124. The number of aliphatic carboxylic acids is 1. The van der Waals surface area contributed by atoms with Crippen molar-refractivity contribution in [3.8, 4) is 0 Å². The molecule has 2 amide bonds. The van der Waals surface area contributed by atoms with Gasteiger partial charge >= 0.3 is 12.0 Å². The average molecular weight is 260 g/mol. The Bertz CT molecular complexity index is 269. The van der Waals surface area contributed by atoms with Gasteiger partial charge in [-0.15, -0.1) is 0 Å². The highest BCUT2D eigenvalue weighted by atomic mass is 16.5. The van der Waals surface area contributed by atoms with Crippen LogP contribution in [0.4, 0.5) is 4.79 Å². The lowest BCUT2D eigenvalue weighted by Gasteiger charge is -2.26. The van der Waals surface area contributed by atoms with Crippen molar-refractivity contribution in [1.82, 2.24) is 9.80 Å². The smallest absolute Gasteiger partial charge is 0.323 e. The van der Waals surface area contributed by atoms with Gasteiger partial charge in [0.05, 0.1) is 12.7 Å². The Kier molecular flexibility index (Phi) is 8.11. The van der Waals surface area contributed by atoms with Crippen LogP contribution < -0.4 is 0 Å². The second-order valence-electron chi connectivity index (χ2n) is 4.44. The second kappa shape index (κ2) is 8.74. The summed E-state index contributed by atoms with van der Waals surface area (Å²) in [5, 5.41) is 8.75. The summed E-state index contributed by atoms with van der Waals surface area (Å²) in [6, 6.07) is -0.272. The Labute approximate surface area is 109 Å². The first-order chi connectivity index (χ1) is 8.38. The van der Waals surface area contributed by atoms with Gasteiger partial charge in [-0.2, -0.15) is 0 Å². The van der Waals surface area contributed by atoms with Crippen molar-refractivity contribution in [2.24, 2.45) is 0 Å². The van der Waals surface area contributed by atoms with Gasteiger partial charge in [0.1, 0.15) is 6.54 Å². The molecule has 0 saturated carbocycles. The number of carbonyl (C=O) groups is 2. The number of carboxylic acids is 1. The summed E-state index contributed by atoms with van der Waals surface area (Å²) in [5.41, 5.74) is 0. The molecule has 0 aromatic rings. The fourth-order valence-electron chi connectivity index (χ4n) is 1.44. The van der Waals surface area contributed by atoms with Crippen molar-refractivity contribution in [2.45, 2.75) is 33.3 Å². The molecule has 0 aliphatic carbocycles. The van der Waals surface area contributed by atoms with Gasteiger partial charge < -0.3 is 19.6 Å². The van der Waals surface area contributed by atoms with Crippen LogP contribution in [0.2, 0.25) is 0 Å². The number of carbonyl (C=O) groups excluding carboxylic acids is 1. The normalized spacial score (nSPS) is 10.5. The van der Waals surface area contributed by atoms with Gasteiger partial charge in [-0.3, -0.25) is 4.79 Å². The summed E-state index contributed by atoms with van der Waals surface area (Å²) in [6.45, 7) is 6.85. The lowest BCUT2D eigenvalue weighted by atomic mass is 10.4. The first-order valence-electron chi connectivity index (χ1n) is 6.21. The Morgan fingerprint density at radius 3 is 2.33 bits per heavy atom. The standard InChI is InChI=1S/C12H24N2O4/c1-5-6-14(9-11(15)16)12(17)13(4)7-8-18-10(2)3/h10H,5-9H2,1-4H3,(H,15,16). The Balaban J connectivity index is 4.23. The summed E-state index contributed by atoms with van der Waals surface area (Å²) in [6.07, 6.45) is 0.856. The highest BCUT2D eigenvalue weighted by Gasteiger charge is 2.19. The molecule has 1 N–H and O–H groups in total. The third kappa shape index (κ3) is 7.11. The Morgan fingerprint density at radius 2 is 1.89 bits per heavy atom. The number of rotatable bonds is 8. The highest BCUT2D eigenvalue weighted by Crippen LogP contribution is 1.99. The second-order valence-corrected chi connectivity index (χ2v) is 4.44. The lowest BCUT2D eigenvalue weighted by molar-refractivity contribution is -0.137. The largest absolute Gasteiger partial charge is 0.480 e. The van der Waals surface area contributed by atoms with Crippen LogP contribution in [-0.2, 0) is 9.53 Å². The van der Waals surface area contributed by atoms with Gasteiger partial charge in [0.15, 0.2) is 0 Å². The first kappa shape index (κ1) is 16.7. The van der Waals surface area contributed by atoms with Gasteiger partial charge in [0.2, 0.25) is 0 Å². The number of amides is 2. The van der Waals surface area contributed by atoms with Crippen LogP contribution >= 0.6 is 0 Å². The molecular weight excluding hydrogens is 236 g/mol. The molecule has 0 aromatic heterocycles. The molecule has 0 radical (unpaired) electrons. The molecule has 0 atom stereocenters. The quantitative estimate of drug-likeness (QED) is 0.713. The minimum Gasteiger partial charge on any atom is -0.480 e. The summed E-state index contributed by atoms with van der Waals surface area (Å²) in [4.78, 5) is 25.5. The van der Waals surface area contributed by atoms with Crippen molar-refractivity contribution in [3.63, 3.8) is 0 Å². The maximum atomic E-state index is 12.0. The maximum Gasteiger partial charge on any atom is 0.323 e. The van der Waals surface area contributed by atoms with Crippen LogP contribution in [0.5, 0.6) is 0 Å². The van der Waals surface area contributed by atoms with E-state index >= 15 is 0 Å². The van der Waals surface area contributed by atoms with Crippen molar-refractivity contribution in [2.75, 3.05) is 33.3 Å². The molecule has 18 heavy (non-hydrogen) atoms. The van der Waals surface area contributed by atoms with E-state index in [0.29, 0.717) is 19.7 Å². The molecule has 0 bridgehead atoms. The molecule has 0 aliphatic rings. The molecule has 6 nitrogen and oxygen atoms in total. The van der Waals surface area contributed by atoms with E-state index in [0.717, 1.165) is 6.42 Å². The predicted molar refractivity (Wildman–Crippen MR) is 68.6 cm³/mol. The van der Waals surface area contributed by atoms with E-state index in [2.05, 4.69) is 0 Å². The van der Waals surface area contributed by atoms with Gasteiger partial charge in [0.25, 0.3) is 0 Å². The average Bonchev–Trinajstić information content (AvgIpc) is 2.26. The lowest BCUT2D eigenvalue weighted by Crippen LogP contribution is -2.45. The zero-order valence-corrected chi connectivity index (χ0v) is 11.7. The van der Waals surface area contributed by atoms with Crippen LogP contribution in [0, 0.1) is 0 Å². The van der Waals surface area contributed by atoms with E-state index in [9.17, 15) is 9.59 Å². The first-order valence-corrected chi connectivity index (χ1v) is 6.21. The summed E-state index contributed by atoms with van der Waals surface area (Å²) >= 11 is 0. The molecule has 106 valence electrons. The zero-order valence-electron chi connectivity index (χ0n) is 11.7. The van der Waals surface area contributed by atoms with E-state index in [1.165, 1.54) is 9.80 Å². The van der Waals surface area contributed by atoms with Crippen LogP contribution in [0.1, 0.15) is 27.2 Å². The third-order valence-electron chi connectivity index (χ3n) is 2.29.